The first kappa shape index (κ1) is 19.7. The van der Waals surface area contributed by atoms with Crippen molar-refractivity contribution in [2.45, 2.75) is 72.1 Å². The Balaban J connectivity index is 4.81. The summed E-state index contributed by atoms with van der Waals surface area (Å²) in [5.41, 5.74) is 0. The van der Waals surface area contributed by atoms with Gasteiger partial charge in [-0.15, -0.1) is 0 Å². The summed E-state index contributed by atoms with van der Waals surface area (Å²) < 4.78 is 0. The summed E-state index contributed by atoms with van der Waals surface area (Å²) in [6, 6.07) is 0. The van der Waals surface area contributed by atoms with Crippen molar-refractivity contribution in [3.8, 4) is 0 Å². The predicted molar refractivity (Wildman–Crippen MR) is 93.3 cm³/mol. The summed E-state index contributed by atoms with van der Waals surface area (Å²) in [7, 11) is 0. The van der Waals surface area contributed by atoms with Crippen LogP contribution in [0.15, 0.2) is 0 Å². The van der Waals surface area contributed by atoms with E-state index in [1.165, 1.54) is 63.2 Å². The number of hydrogen-bond donors (Lipinski definition) is 1. The van der Waals surface area contributed by atoms with Crippen LogP contribution in [0.5, 0.6) is 0 Å². The molecule has 0 amide bonds. The number of halogens is 1. The molecule has 0 unspecified atom stereocenters. The maximum absolute atomic E-state index is 9.05. The molecule has 1 nitrogen and oxygen atoms in total. The van der Waals surface area contributed by atoms with Crippen LogP contribution in [0.3, 0.4) is 0 Å². The van der Waals surface area contributed by atoms with Crippen LogP contribution in [0, 0.1) is 0 Å². The molecule has 0 aliphatic carbocycles. The van der Waals surface area contributed by atoms with E-state index in [4.69, 9.17) is 16.3 Å². The third kappa shape index (κ3) is 7.88. The molecule has 0 saturated carbocycles. The van der Waals surface area contributed by atoms with Gasteiger partial charge in [0.1, 0.15) is 0 Å². The zero-order valence-corrected chi connectivity index (χ0v) is 15.1. The van der Waals surface area contributed by atoms with E-state index in [9.17, 15) is 0 Å². The first-order valence-corrected chi connectivity index (χ1v) is 12.3. The van der Waals surface area contributed by atoms with E-state index in [1.54, 1.807) is 0 Å². The number of hydrogen-bond acceptors (Lipinski definition) is 1. The van der Waals surface area contributed by atoms with Gasteiger partial charge in [0, 0.05) is 0 Å². The van der Waals surface area contributed by atoms with Gasteiger partial charge in [-0.2, -0.15) is 0 Å². The topological polar surface area (TPSA) is 20.2 Å². The SMILES string of the molecule is CCCCP(Cl)(CCCC)(CCCC)CCCCO. The van der Waals surface area contributed by atoms with Crippen molar-refractivity contribution in [3.05, 3.63) is 0 Å². The maximum atomic E-state index is 9.05. The molecular weight excluding hydrogens is 275 g/mol. The van der Waals surface area contributed by atoms with E-state index >= 15 is 0 Å². The van der Waals surface area contributed by atoms with Crippen molar-refractivity contribution in [1.29, 1.82) is 0 Å². The van der Waals surface area contributed by atoms with Crippen molar-refractivity contribution in [1.82, 2.24) is 0 Å². The minimum atomic E-state index is -2.02. The van der Waals surface area contributed by atoms with Crippen molar-refractivity contribution >= 4 is 17.2 Å². The van der Waals surface area contributed by atoms with E-state index in [0.29, 0.717) is 6.61 Å². The molecule has 0 spiro atoms. The fourth-order valence-electron chi connectivity index (χ4n) is 2.95. The van der Waals surface area contributed by atoms with Crippen LogP contribution >= 0.6 is 17.2 Å². The number of unbranched alkanes of at least 4 members (excludes halogenated alkanes) is 4. The molecule has 0 aromatic heterocycles. The molecule has 0 atom stereocenters. The van der Waals surface area contributed by atoms with Crippen molar-refractivity contribution in [2.75, 3.05) is 31.3 Å². The van der Waals surface area contributed by atoms with Gasteiger partial charge in [-0.25, -0.2) is 0 Å². The molecule has 19 heavy (non-hydrogen) atoms. The van der Waals surface area contributed by atoms with E-state index in [-0.39, 0.29) is 0 Å². The molecular formula is C16H36ClOP. The summed E-state index contributed by atoms with van der Waals surface area (Å²) in [4.78, 5) is 0. The van der Waals surface area contributed by atoms with E-state index in [2.05, 4.69) is 20.8 Å². The minimum absolute atomic E-state index is 0.318. The monoisotopic (exact) mass is 310 g/mol. The fraction of sp³-hybridized carbons (Fsp3) is 1.00. The molecule has 0 aliphatic rings. The summed E-state index contributed by atoms with van der Waals surface area (Å²) in [5, 5.41) is 9.05. The quantitative estimate of drug-likeness (QED) is 0.333. The van der Waals surface area contributed by atoms with Crippen LogP contribution in [0.1, 0.15) is 72.1 Å². The van der Waals surface area contributed by atoms with E-state index < -0.39 is 5.96 Å². The van der Waals surface area contributed by atoms with Crippen LogP contribution in [0.25, 0.3) is 0 Å². The van der Waals surface area contributed by atoms with E-state index in [1.807, 2.05) is 0 Å². The van der Waals surface area contributed by atoms with Crippen LogP contribution in [0.4, 0.5) is 0 Å². The molecule has 0 heterocycles. The van der Waals surface area contributed by atoms with Crippen molar-refractivity contribution < 1.29 is 5.11 Å². The van der Waals surface area contributed by atoms with E-state index in [0.717, 1.165) is 12.8 Å². The second kappa shape index (κ2) is 10.4. The standard InChI is InChI=1S/C16H36ClOP/c1-4-7-13-19(17,14-8-5-2,15-9-6-3)16-11-10-12-18/h18H,4-16H2,1-3H3. The molecule has 0 aromatic carbocycles. The molecule has 0 fully saturated rings. The zero-order valence-electron chi connectivity index (χ0n) is 13.5. The van der Waals surface area contributed by atoms with Gasteiger partial charge in [0.15, 0.2) is 0 Å². The second-order valence-corrected chi connectivity index (χ2v) is 14.5. The Morgan fingerprint density at radius 2 is 1.05 bits per heavy atom. The second-order valence-electron chi connectivity index (χ2n) is 6.21. The molecule has 1 N–H and O–H groups in total. The first-order chi connectivity index (χ1) is 9.04. The number of aliphatic hydroxyl groups is 1. The molecule has 0 bridgehead atoms. The normalized spacial score (nSPS) is 14.3. The summed E-state index contributed by atoms with van der Waals surface area (Å²) in [6.07, 6.45) is 14.7. The van der Waals surface area contributed by atoms with Gasteiger partial charge in [0.25, 0.3) is 0 Å². The molecule has 3 heteroatoms. The van der Waals surface area contributed by atoms with Gasteiger partial charge in [-0.1, -0.05) is 0 Å². The summed E-state index contributed by atoms with van der Waals surface area (Å²) in [5.74, 6) is -2.02. The van der Waals surface area contributed by atoms with Gasteiger partial charge in [0.05, 0.1) is 0 Å². The number of aliphatic hydroxyl groups excluding tert-OH is 1. The Labute approximate surface area is 126 Å². The Kier molecular flexibility index (Phi) is 10.8. The van der Waals surface area contributed by atoms with Crippen LogP contribution < -0.4 is 0 Å². The molecule has 0 aliphatic heterocycles. The van der Waals surface area contributed by atoms with Crippen molar-refractivity contribution in [2.24, 2.45) is 0 Å². The van der Waals surface area contributed by atoms with Gasteiger partial charge < -0.3 is 0 Å². The van der Waals surface area contributed by atoms with Crippen LogP contribution in [0.2, 0.25) is 0 Å². The number of rotatable bonds is 13. The summed E-state index contributed by atoms with van der Waals surface area (Å²) >= 11 is 7.42. The summed E-state index contributed by atoms with van der Waals surface area (Å²) in [6.45, 7) is 7.13. The molecule has 118 valence electrons. The van der Waals surface area contributed by atoms with Crippen LogP contribution in [-0.4, -0.2) is 36.4 Å². The van der Waals surface area contributed by atoms with Crippen molar-refractivity contribution in [3.63, 3.8) is 0 Å². The van der Waals surface area contributed by atoms with Gasteiger partial charge in [-0.3, -0.25) is 0 Å². The molecule has 0 aromatic rings. The average Bonchev–Trinajstić information content (AvgIpc) is 2.42. The predicted octanol–water partition coefficient (Wildman–Crippen LogP) is 5.87. The Bertz CT molecular complexity index is 196. The zero-order chi connectivity index (χ0) is 14.6. The first-order valence-electron chi connectivity index (χ1n) is 8.37. The third-order valence-corrected chi connectivity index (χ3v) is 12.1. The molecule has 0 radical (unpaired) electrons. The van der Waals surface area contributed by atoms with Gasteiger partial charge in [-0.05, 0) is 0 Å². The Hall–Kier alpha value is 0.680. The van der Waals surface area contributed by atoms with Crippen LogP contribution in [-0.2, 0) is 0 Å². The molecule has 0 rings (SSSR count). The third-order valence-electron chi connectivity index (χ3n) is 4.34. The van der Waals surface area contributed by atoms with Gasteiger partial charge >= 0.3 is 126 Å². The molecule has 0 saturated heterocycles. The van der Waals surface area contributed by atoms with Gasteiger partial charge in [0.2, 0.25) is 0 Å². The Morgan fingerprint density at radius 3 is 1.37 bits per heavy atom. The Morgan fingerprint density at radius 1 is 0.684 bits per heavy atom. The average molecular weight is 311 g/mol. The fourth-order valence-corrected chi connectivity index (χ4v) is 10.1.